The standard InChI is InChI=1S/C15H19BrO3/c1-18-10-19-15-11(4-2-3-7-17)8-12-9-13(16)5-6-14(12)15/h5-7,9,11,15H,2-4,8,10H2,1H3. The Morgan fingerprint density at radius 1 is 1.47 bits per heavy atom. The Hall–Kier alpha value is -0.710. The fourth-order valence-electron chi connectivity index (χ4n) is 2.76. The van der Waals surface area contributed by atoms with E-state index in [0.29, 0.717) is 19.1 Å². The molecule has 104 valence electrons. The third kappa shape index (κ3) is 3.65. The van der Waals surface area contributed by atoms with Gasteiger partial charge in [-0.1, -0.05) is 22.0 Å². The van der Waals surface area contributed by atoms with E-state index in [-0.39, 0.29) is 6.10 Å². The molecule has 0 aromatic heterocycles. The van der Waals surface area contributed by atoms with Crippen LogP contribution in [0.3, 0.4) is 0 Å². The van der Waals surface area contributed by atoms with Crippen LogP contribution in [-0.4, -0.2) is 20.2 Å². The summed E-state index contributed by atoms with van der Waals surface area (Å²) in [5.74, 6) is 0.444. The number of ether oxygens (including phenoxy) is 2. The number of halogens is 1. The van der Waals surface area contributed by atoms with Gasteiger partial charge in [0.15, 0.2) is 0 Å². The van der Waals surface area contributed by atoms with E-state index in [4.69, 9.17) is 9.47 Å². The number of hydrogen-bond donors (Lipinski definition) is 0. The molecule has 0 fully saturated rings. The summed E-state index contributed by atoms with van der Waals surface area (Å²) in [5.41, 5.74) is 2.60. The Morgan fingerprint density at radius 2 is 2.32 bits per heavy atom. The fraction of sp³-hybridized carbons (Fsp3) is 0.533. The number of methoxy groups -OCH3 is 1. The summed E-state index contributed by atoms with van der Waals surface area (Å²) in [5, 5.41) is 0. The van der Waals surface area contributed by atoms with Gasteiger partial charge in [0.2, 0.25) is 0 Å². The van der Waals surface area contributed by atoms with Crippen molar-refractivity contribution in [3.8, 4) is 0 Å². The zero-order valence-electron chi connectivity index (χ0n) is 11.1. The molecule has 0 heterocycles. The van der Waals surface area contributed by atoms with Crippen molar-refractivity contribution in [1.29, 1.82) is 0 Å². The summed E-state index contributed by atoms with van der Waals surface area (Å²) in [6.07, 6.45) is 4.67. The molecule has 2 rings (SSSR count). The SMILES string of the molecule is COCOC1c2ccc(Br)cc2CC1CCCC=O. The lowest BCUT2D eigenvalue weighted by atomic mass is 9.97. The molecule has 0 amide bonds. The largest absolute Gasteiger partial charge is 0.359 e. The summed E-state index contributed by atoms with van der Waals surface area (Å²) in [6, 6.07) is 6.34. The smallest absolute Gasteiger partial charge is 0.147 e. The number of unbranched alkanes of at least 4 members (excludes halogenated alkanes) is 1. The topological polar surface area (TPSA) is 35.5 Å². The van der Waals surface area contributed by atoms with Gasteiger partial charge in [-0.15, -0.1) is 0 Å². The van der Waals surface area contributed by atoms with E-state index < -0.39 is 0 Å². The molecule has 0 bridgehead atoms. The van der Waals surface area contributed by atoms with E-state index in [1.807, 2.05) is 0 Å². The zero-order valence-corrected chi connectivity index (χ0v) is 12.7. The van der Waals surface area contributed by atoms with Gasteiger partial charge in [0.05, 0.1) is 6.10 Å². The van der Waals surface area contributed by atoms with Gasteiger partial charge in [-0.2, -0.15) is 0 Å². The second-order valence-corrected chi connectivity index (χ2v) is 5.81. The van der Waals surface area contributed by atoms with Crippen LogP contribution in [0.15, 0.2) is 22.7 Å². The molecule has 0 saturated carbocycles. The lowest BCUT2D eigenvalue weighted by Crippen LogP contribution is -2.13. The molecule has 19 heavy (non-hydrogen) atoms. The second kappa shape index (κ2) is 7.17. The molecule has 4 heteroatoms. The maximum absolute atomic E-state index is 10.4. The van der Waals surface area contributed by atoms with Crippen molar-refractivity contribution in [1.82, 2.24) is 0 Å². The molecule has 0 N–H and O–H groups in total. The molecule has 2 atom stereocenters. The van der Waals surface area contributed by atoms with Gasteiger partial charge in [0.25, 0.3) is 0 Å². The predicted octanol–water partition coefficient (Wildman–Crippen LogP) is 3.65. The number of rotatable bonds is 7. The van der Waals surface area contributed by atoms with Crippen molar-refractivity contribution >= 4 is 22.2 Å². The van der Waals surface area contributed by atoms with Crippen LogP contribution in [0.25, 0.3) is 0 Å². The van der Waals surface area contributed by atoms with Crippen LogP contribution in [-0.2, 0) is 20.7 Å². The predicted molar refractivity (Wildman–Crippen MR) is 77.0 cm³/mol. The molecule has 1 aromatic carbocycles. The zero-order chi connectivity index (χ0) is 13.7. The third-order valence-corrected chi connectivity index (χ3v) is 4.08. The van der Waals surface area contributed by atoms with E-state index in [2.05, 4.69) is 34.1 Å². The van der Waals surface area contributed by atoms with Crippen LogP contribution < -0.4 is 0 Å². The van der Waals surface area contributed by atoms with Gasteiger partial charge >= 0.3 is 0 Å². The van der Waals surface area contributed by atoms with Crippen LogP contribution in [0.2, 0.25) is 0 Å². The Labute approximate surface area is 122 Å². The molecule has 0 spiro atoms. The monoisotopic (exact) mass is 326 g/mol. The molecule has 1 aliphatic carbocycles. The van der Waals surface area contributed by atoms with Crippen molar-refractivity contribution in [2.24, 2.45) is 5.92 Å². The summed E-state index contributed by atoms with van der Waals surface area (Å²) in [6.45, 7) is 0.310. The molecule has 2 unspecified atom stereocenters. The average Bonchev–Trinajstić information content (AvgIpc) is 2.73. The van der Waals surface area contributed by atoms with Gasteiger partial charge in [0.1, 0.15) is 13.1 Å². The van der Waals surface area contributed by atoms with Crippen LogP contribution in [0.4, 0.5) is 0 Å². The number of fused-ring (bicyclic) bond motifs is 1. The summed E-state index contributed by atoms with van der Waals surface area (Å²) in [4.78, 5) is 10.4. The van der Waals surface area contributed by atoms with Crippen molar-refractivity contribution in [3.05, 3.63) is 33.8 Å². The van der Waals surface area contributed by atoms with E-state index in [1.54, 1.807) is 7.11 Å². The van der Waals surface area contributed by atoms with Crippen molar-refractivity contribution in [2.75, 3.05) is 13.9 Å². The van der Waals surface area contributed by atoms with Crippen LogP contribution in [0.1, 0.15) is 36.5 Å². The second-order valence-electron chi connectivity index (χ2n) is 4.90. The first kappa shape index (κ1) is 14.7. The first-order chi connectivity index (χ1) is 9.26. The van der Waals surface area contributed by atoms with Crippen molar-refractivity contribution in [2.45, 2.75) is 31.8 Å². The average molecular weight is 327 g/mol. The summed E-state index contributed by atoms with van der Waals surface area (Å²) in [7, 11) is 1.64. The number of aldehydes is 1. The van der Waals surface area contributed by atoms with Gasteiger partial charge in [-0.3, -0.25) is 0 Å². The van der Waals surface area contributed by atoms with Gasteiger partial charge in [-0.25, -0.2) is 0 Å². The number of hydrogen-bond acceptors (Lipinski definition) is 3. The van der Waals surface area contributed by atoms with Gasteiger partial charge in [-0.05, 0) is 48.4 Å². The van der Waals surface area contributed by atoms with E-state index in [1.165, 1.54) is 11.1 Å². The van der Waals surface area contributed by atoms with Crippen LogP contribution in [0, 0.1) is 5.92 Å². The number of carbonyl (C=O) groups is 1. The molecule has 1 aliphatic rings. The first-order valence-corrected chi connectivity index (χ1v) is 7.38. The molecule has 0 aliphatic heterocycles. The maximum atomic E-state index is 10.4. The van der Waals surface area contributed by atoms with E-state index in [0.717, 1.165) is 30.0 Å². The van der Waals surface area contributed by atoms with Crippen molar-refractivity contribution in [3.63, 3.8) is 0 Å². The van der Waals surface area contributed by atoms with E-state index >= 15 is 0 Å². The minimum absolute atomic E-state index is 0.0923. The maximum Gasteiger partial charge on any atom is 0.147 e. The van der Waals surface area contributed by atoms with Crippen LogP contribution >= 0.6 is 15.9 Å². The van der Waals surface area contributed by atoms with Gasteiger partial charge < -0.3 is 14.3 Å². The highest BCUT2D eigenvalue weighted by Crippen LogP contribution is 2.42. The normalized spacial score (nSPS) is 21.4. The molecular weight excluding hydrogens is 308 g/mol. The Bertz CT molecular complexity index is 433. The van der Waals surface area contributed by atoms with Crippen molar-refractivity contribution < 1.29 is 14.3 Å². The fourth-order valence-corrected chi connectivity index (χ4v) is 3.16. The highest BCUT2D eigenvalue weighted by Gasteiger charge is 2.32. The minimum Gasteiger partial charge on any atom is -0.359 e. The first-order valence-electron chi connectivity index (χ1n) is 6.58. The summed E-state index contributed by atoms with van der Waals surface area (Å²) >= 11 is 3.51. The lowest BCUT2D eigenvalue weighted by molar-refractivity contribution is -0.108. The molecule has 3 nitrogen and oxygen atoms in total. The number of benzene rings is 1. The molecule has 1 aromatic rings. The highest BCUT2D eigenvalue weighted by molar-refractivity contribution is 9.10. The molecular formula is C15H19BrO3. The summed E-state index contributed by atoms with van der Waals surface area (Å²) < 4.78 is 12.0. The Morgan fingerprint density at radius 3 is 3.05 bits per heavy atom. The quantitative estimate of drug-likeness (QED) is 0.436. The molecule has 0 saturated heterocycles. The lowest BCUT2D eigenvalue weighted by Gasteiger charge is -2.20. The van der Waals surface area contributed by atoms with Gasteiger partial charge in [0, 0.05) is 18.0 Å². The Balaban J connectivity index is 2.09. The third-order valence-electron chi connectivity index (χ3n) is 3.58. The van der Waals surface area contributed by atoms with Crippen LogP contribution in [0.5, 0.6) is 0 Å². The highest BCUT2D eigenvalue weighted by atomic mass is 79.9. The molecule has 0 radical (unpaired) electrons. The minimum atomic E-state index is 0.0923. The van der Waals surface area contributed by atoms with E-state index in [9.17, 15) is 4.79 Å². The number of carbonyl (C=O) groups excluding carboxylic acids is 1. The Kier molecular flexibility index (Phi) is 5.55.